The average molecular weight is 181 g/mol. The van der Waals surface area contributed by atoms with Gasteiger partial charge in [-0.25, -0.2) is 0 Å². The van der Waals surface area contributed by atoms with Crippen LogP contribution in [0.15, 0.2) is 12.2 Å². The van der Waals surface area contributed by atoms with Crippen LogP contribution in [0.4, 0.5) is 0 Å². The van der Waals surface area contributed by atoms with Gasteiger partial charge in [-0.15, -0.1) is 0 Å². The molecule has 13 heavy (non-hydrogen) atoms. The standard InChI is InChI=1S/C12H23N/c1-6-10(2)8-13-9-11(3)7-12(13,4)5/h11H,2,6-9H2,1,3-5H3. The molecule has 0 N–H and O–H groups in total. The molecule has 0 aromatic heterocycles. The minimum Gasteiger partial charge on any atom is -0.294 e. The van der Waals surface area contributed by atoms with Crippen LogP contribution in [-0.2, 0) is 0 Å². The van der Waals surface area contributed by atoms with E-state index in [9.17, 15) is 0 Å². The van der Waals surface area contributed by atoms with Gasteiger partial charge in [-0.05, 0) is 32.6 Å². The summed E-state index contributed by atoms with van der Waals surface area (Å²) < 4.78 is 0. The van der Waals surface area contributed by atoms with Crippen molar-refractivity contribution in [3.63, 3.8) is 0 Å². The Morgan fingerprint density at radius 3 is 2.54 bits per heavy atom. The molecule has 1 nitrogen and oxygen atoms in total. The summed E-state index contributed by atoms with van der Waals surface area (Å²) in [6.45, 7) is 15.6. The molecular formula is C12H23N. The van der Waals surface area contributed by atoms with E-state index in [0.29, 0.717) is 5.54 Å². The maximum absolute atomic E-state index is 4.09. The Morgan fingerprint density at radius 1 is 1.54 bits per heavy atom. The first-order valence-corrected chi connectivity index (χ1v) is 5.37. The lowest BCUT2D eigenvalue weighted by Gasteiger charge is -2.31. The Hall–Kier alpha value is -0.300. The molecule has 0 radical (unpaired) electrons. The largest absolute Gasteiger partial charge is 0.294 e. The van der Waals surface area contributed by atoms with Crippen molar-refractivity contribution < 1.29 is 0 Å². The van der Waals surface area contributed by atoms with Crippen LogP contribution < -0.4 is 0 Å². The molecule has 0 spiro atoms. The third kappa shape index (κ3) is 2.57. The Kier molecular flexibility index (Phi) is 3.18. The molecule has 0 saturated carbocycles. The van der Waals surface area contributed by atoms with Crippen molar-refractivity contribution in [3.05, 3.63) is 12.2 Å². The molecular weight excluding hydrogens is 158 g/mol. The van der Waals surface area contributed by atoms with Crippen molar-refractivity contribution in [1.82, 2.24) is 4.90 Å². The summed E-state index contributed by atoms with van der Waals surface area (Å²) in [5.41, 5.74) is 1.75. The van der Waals surface area contributed by atoms with E-state index in [1.165, 1.54) is 18.5 Å². The van der Waals surface area contributed by atoms with Gasteiger partial charge < -0.3 is 0 Å². The molecule has 0 bridgehead atoms. The molecule has 1 atom stereocenters. The van der Waals surface area contributed by atoms with Crippen LogP contribution in [0.2, 0.25) is 0 Å². The molecule has 1 heteroatoms. The molecule has 1 aliphatic heterocycles. The predicted molar refractivity (Wildman–Crippen MR) is 58.9 cm³/mol. The van der Waals surface area contributed by atoms with Crippen molar-refractivity contribution >= 4 is 0 Å². The zero-order valence-corrected chi connectivity index (χ0v) is 9.56. The van der Waals surface area contributed by atoms with Crippen molar-refractivity contribution in [2.45, 2.75) is 46.1 Å². The third-order valence-corrected chi connectivity index (χ3v) is 3.15. The molecule has 0 aromatic carbocycles. The first-order valence-electron chi connectivity index (χ1n) is 5.37. The summed E-state index contributed by atoms with van der Waals surface area (Å²) in [6, 6.07) is 0. The second-order valence-corrected chi connectivity index (χ2v) is 5.11. The number of nitrogens with zero attached hydrogens (tertiary/aromatic N) is 1. The number of hydrogen-bond donors (Lipinski definition) is 0. The molecule has 0 amide bonds. The molecule has 1 aliphatic rings. The van der Waals surface area contributed by atoms with Gasteiger partial charge in [0.2, 0.25) is 0 Å². The van der Waals surface area contributed by atoms with Crippen LogP contribution >= 0.6 is 0 Å². The predicted octanol–water partition coefficient (Wildman–Crippen LogP) is 3.07. The van der Waals surface area contributed by atoms with Crippen molar-refractivity contribution in [2.24, 2.45) is 5.92 Å². The highest BCUT2D eigenvalue weighted by Gasteiger charge is 2.35. The van der Waals surface area contributed by atoms with E-state index in [-0.39, 0.29) is 0 Å². The zero-order chi connectivity index (χ0) is 10.1. The fraction of sp³-hybridized carbons (Fsp3) is 0.833. The molecule has 1 rings (SSSR count). The normalized spacial score (nSPS) is 27.8. The zero-order valence-electron chi connectivity index (χ0n) is 9.56. The summed E-state index contributed by atoms with van der Waals surface area (Å²) >= 11 is 0. The Balaban J connectivity index is 2.55. The summed E-state index contributed by atoms with van der Waals surface area (Å²) in [6.07, 6.45) is 2.44. The van der Waals surface area contributed by atoms with Crippen molar-refractivity contribution in [2.75, 3.05) is 13.1 Å². The van der Waals surface area contributed by atoms with Gasteiger partial charge in [-0.2, -0.15) is 0 Å². The van der Waals surface area contributed by atoms with Gasteiger partial charge in [0, 0.05) is 18.6 Å². The molecule has 1 saturated heterocycles. The number of hydrogen-bond acceptors (Lipinski definition) is 1. The van der Waals surface area contributed by atoms with Crippen molar-refractivity contribution in [1.29, 1.82) is 0 Å². The van der Waals surface area contributed by atoms with Crippen LogP contribution in [0, 0.1) is 5.92 Å². The van der Waals surface area contributed by atoms with E-state index in [1.807, 2.05) is 0 Å². The lowest BCUT2D eigenvalue weighted by Crippen LogP contribution is -2.39. The Bertz CT molecular complexity index is 193. The first-order chi connectivity index (χ1) is 5.95. The molecule has 1 fully saturated rings. The molecule has 1 heterocycles. The van der Waals surface area contributed by atoms with Gasteiger partial charge in [-0.3, -0.25) is 4.90 Å². The van der Waals surface area contributed by atoms with Gasteiger partial charge in [0.05, 0.1) is 0 Å². The highest BCUT2D eigenvalue weighted by Crippen LogP contribution is 2.32. The van der Waals surface area contributed by atoms with Crippen LogP contribution in [0.3, 0.4) is 0 Å². The van der Waals surface area contributed by atoms with Crippen LogP contribution in [0.1, 0.15) is 40.5 Å². The van der Waals surface area contributed by atoms with Gasteiger partial charge >= 0.3 is 0 Å². The third-order valence-electron chi connectivity index (χ3n) is 3.15. The fourth-order valence-corrected chi connectivity index (χ4v) is 2.33. The maximum atomic E-state index is 4.09. The van der Waals surface area contributed by atoms with Gasteiger partial charge in [0.1, 0.15) is 0 Å². The summed E-state index contributed by atoms with van der Waals surface area (Å²) in [4.78, 5) is 2.57. The van der Waals surface area contributed by atoms with Crippen LogP contribution in [0.5, 0.6) is 0 Å². The molecule has 0 aliphatic carbocycles. The molecule has 1 unspecified atom stereocenters. The number of likely N-dealkylation sites (tertiary alicyclic amines) is 1. The lowest BCUT2D eigenvalue weighted by molar-refractivity contribution is 0.189. The van der Waals surface area contributed by atoms with E-state index < -0.39 is 0 Å². The summed E-state index contributed by atoms with van der Waals surface area (Å²) in [5, 5.41) is 0. The van der Waals surface area contributed by atoms with E-state index in [4.69, 9.17) is 0 Å². The highest BCUT2D eigenvalue weighted by atomic mass is 15.2. The van der Waals surface area contributed by atoms with Gasteiger partial charge in [-0.1, -0.05) is 26.0 Å². The fourth-order valence-electron chi connectivity index (χ4n) is 2.33. The first kappa shape index (κ1) is 10.8. The van der Waals surface area contributed by atoms with Gasteiger partial charge in [0.25, 0.3) is 0 Å². The SMILES string of the molecule is C=C(CC)CN1CC(C)CC1(C)C. The van der Waals surface area contributed by atoms with Gasteiger partial charge in [0.15, 0.2) is 0 Å². The maximum Gasteiger partial charge on any atom is 0.0195 e. The monoisotopic (exact) mass is 181 g/mol. The van der Waals surface area contributed by atoms with E-state index in [0.717, 1.165) is 18.9 Å². The minimum atomic E-state index is 0.386. The van der Waals surface area contributed by atoms with Crippen LogP contribution in [-0.4, -0.2) is 23.5 Å². The molecule has 76 valence electrons. The van der Waals surface area contributed by atoms with Crippen LogP contribution in [0.25, 0.3) is 0 Å². The lowest BCUT2D eigenvalue weighted by atomic mass is 9.97. The second-order valence-electron chi connectivity index (χ2n) is 5.11. The summed E-state index contributed by atoms with van der Waals surface area (Å²) in [7, 11) is 0. The second kappa shape index (κ2) is 3.83. The summed E-state index contributed by atoms with van der Waals surface area (Å²) in [5.74, 6) is 0.847. The Morgan fingerprint density at radius 2 is 2.15 bits per heavy atom. The van der Waals surface area contributed by atoms with E-state index in [2.05, 4.69) is 39.2 Å². The number of rotatable bonds is 3. The minimum absolute atomic E-state index is 0.386. The van der Waals surface area contributed by atoms with E-state index >= 15 is 0 Å². The quantitative estimate of drug-likeness (QED) is 0.605. The van der Waals surface area contributed by atoms with E-state index in [1.54, 1.807) is 0 Å². The average Bonchev–Trinajstić information content (AvgIpc) is 2.24. The topological polar surface area (TPSA) is 3.24 Å². The molecule has 0 aromatic rings. The van der Waals surface area contributed by atoms with Crippen molar-refractivity contribution in [3.8, 4) is 0 Å². The highest BCUT2D eigenvalue weighted by molar-refractivity contribution is 5.02. The smallest absolute Gasteiger partial charge is 0.0195 e. The Labute approximate surface area is 82.8 Å².